The lowest BCUT2D eigenvalue weighted by atomic mass is 10.1. The topological polar surface area (TPSA) is 55.2 Å². The number of furan rings is 1. The van der Waals surface area contributed by atoms with Gasteiger partial charge in [-0.05, 0) is 48.7 Å². The van der Waals surface area contributed by atoms with Crippen LogP contribution in [0.4, 0.5) is 0 Å². The molecular formula is C26H30N2O4. The summed E-state index contributed by atoms with van der Waals surface area (Å²) in [7, 11) is 1.61. The molecule has 4 rings (SSSR count). The number of nitrogens with zero attached hydrogens (tertiary/aromatic N) is 2. The number of methoxy groups -OCH3 is 1. The lowest BCUT2D eigenvalue weighted by Crippen LogP contribution is -2.35. The summed E-state index contributed by atoms with van der Waals surface area (Å²) in [6, 6.07) is 19.5. The molecule has 0 N–H and O–H groups in total. The van der Waals surface area contributed by atoms with Crippen LogP contribution in [-0.2, 0) is 13.2 Å². The number of benzene rings is 2. The summed E-state index contributed by atoms with van der Waals surface area (Å²) in [6.07, 6.45) is 0.947. The van der Waals surface area contributed by atoms with Crippen molar-refractivity contribution in [2.45, 2.75) is 26.5 Å². The van der Waals surface area contributed by atoms with Crippen LogP contribution in [-0.4, -0.2) is 49.0 Å². The summed E-state index contributed by atoms with van der Waals surface area (Å²) in [6.45, 7) is 6.56. The molecule has 0 saturated carbocycles. The van der Waals surface area contributed by atoms with Crippen LogP contribution in [0.3, 0.4) is 0 Å². The Balaban J connectivity index is 1.32. The van der Waals surface area contributed by atoms with Gasteiger partial charge in [-0.2, -0.15) is 0 Å². The molecule has 1 aliphatic rings. The SMILES string of the molecule is COc1ccccc1OCc1ccc(C(=O)N2CCCN(Cc3ccccc3C)CC2)o1. The van der Waals surface area contributed by atoms with Gasteiger partial charge in [0.1, 0.15) is 12.4 Å². The minimum Gasteiger partial charge on any atom is -0.493 e. The van der Waals surface area contributed by atoms with Crippen molar-refractivity contribution in [3.05, 3.63) is 83.3 Å². The molecule has 0 unspecified atom stereocenters. The number of ether oxygens (including phenoxy) is 2. The molecule has 0 radical (unpaired) electrons. The lowest BCUT2D eigenvalue weighted by molar-refractivity contribution is 0.0725. The predicted octanol–water partition coefficient (Wildman–Crippen LogP) is 4.52. The molecule has 32 heavy (non-hydrogen) atoms. The van der Waals surface area contributed by atoms with Gasteiger partial charge >= 0.3 is 0 Å². The Morgan fingerprint density at radius 2 is 1.72 bits per heavy atom. The summed E-state index contributed by atoms with van der Waals surface area (Å²) < 4.78 is 16.9. The fourth-order valence-corrected chi connectivity index (χ4v) is 3.97. The Morgan fingerprint density at radius 1 is 0.938 bits per heavy atom. The molecule has 6 nitrogen and oxygen atoms in total. The van der Waals surface area contributed by atoms with Gasteiger partial charge in [0.25, 0.3) is 5.91 Å². The monoisotopic (exact) mass is 434 g/mol. The first-order valence-corrected chi connectivity index (χ1v) is 11.0. The van der Waals surface area contributed by atoms with Crippen LogP contribution in [0.5, 0.6) is 11.5 Å². The first-order valence-electron chi connectivity index (χ1n) is 11.0. The third kappa shape index (κ3) is 5.32. The summed E-state index contributed by atoms with van der Waals surface area (Å²) in [5.41, 5.74) is 2.65. The van der Waals surface area contributed by atoms with Gasteiger partial charge in [-0.1, -0.05) is 36.4 Å². The molecule has 0 atom stereocenters. The summed E-state index contributed by atoms with van der Waals surface area (Å²) >= 11 is 0. The highest BCUT2D eigenvalue weighted by Crippen LogP contribution is 2.27. The molecule has 0 spiro atoms. The highest BCUT2D eigenvalue weighted by Gasteiger charge is 2.23. The van der Waals surface area contributed by atoms with Gasteiger partial charge in [-0.25, -0.2) is 0 Å². The van der Waals surface area contributed by atoms with E-state index in [-0.39, 0.29) is 12.5 Å². The van der Waals surface area contributed by atoms with Gasteiger partial charge in [-0.3, -0.25) is 9.69 Å². The molecule has 1 fully saturated rings. The van der Waals surface area contributed by atoms with Crippen LogP contribution in [0.15, 0.2) is 65.1 Å². The van der Waals surface area contributed by atoms with Crippen molar-refractivity contribution >= 4 is 5.91 Å². The van der Waals surface area contributed by atoms with E-state index < -0.39 is 0 Å². The first-order chi connectivity index (χ1) is 15.6. The quantitative estimate of drug-likeness (QED) is 0.547. The molecule has 0 bridgehead atoms. The van der Waals surface area contributed by atoms with Crippen LogP contribution >= 0.6 is 0 Å². The molecule has 1 aromatic heterocycles. The molecule has 2 heterocycles. The van der Waals surface area contributed by atoms with E-state index >= 15 is 0 Å². The molecule has 1 saturated heterocycles. The van der Waals surface area contributed by atoms with Crippen molar-refractivity contribution in [1.29, 1.82) is 0 Å². The molecule has 168 valence electrons. The second kappa shape index (κ2) is 10.4. The fourth-order valence-electron chi connectivity index (χ4n) is 3.97. The van der Waals surface area contributed by atoms with Gasteiger partial charge < -0.3 is 18.8 Å². The van der Waals surface area contributed by atoms with Crippen LogP contribution in [0, 0.1) is 6.92 Å². The standard InChI is InChI=1S/C26H30N2O4/c1-20-8-3-4-9-21(20)18-27-14-7-15-28(17-16-27)26(29)25-13-12-22(32-25)19-31-24-11-6-5-10-23(24)30-2/h3-6,8-13H,7,14-19H2,1-2H3. The molecule has 3 aromatic rings. The van der Waals surface area contributed by atoms with E-state index in [1.165, 1.54) is 11.1 Å². The number of amides is 1. The third-order valence-electron chi connectivity index (χ3n) is 5.84. The van der Waals surface area contributed by atoms with Gasteiger partial charge in [-0.15, -0.1) is 0 Å². The molecule has 0 aliphatic carbocycles. The average Bonchev–Trinajstić information content (AvgIpc) is 3.17. The Bertz CT molecular complexity index is 1050. The number of rotatable bonds is 7. The van der Waals surface area contributed by atoms with E-state index in [1.807, 2.05) is 29.2 Å². The molecule has 2 aromatic carbocycles. The maximum absolute atomic E-state index is 13.0. The van der Waals surface area contributed by atoms with E-state index in [2.05, 4.69) is 36.1 Å². The van der Waals surface area contributed by atoms with Gasteiger partial charge in [0.15, 0.2) is 17.3 Å². The second-order valence-electron chi connectivity index (χ2n) is 8.05. The zero-order chi connectivity index (χ0) is 22.3. The van der Waals surface area contributed by atoms with Crippen molar-refractivity contribution in [3.63, 3.8) is 0 Å². The average molecular weight is 435 g/mol. The number of aryl methyl sites for hydroxylation is 1. The number of para-hydroxylation sites is 2. The second-order valence-corrected chi connectivity index (χ2v) is 8.05. The normalized spacial score (nSPS) is 14.8. The third-order valence-corrected chi connectivity index (χ3v) is 5.84. The van der Waals surface area contributed by atoms with Crippen LogP contribution in [0.25, 0.3) is 0 Å². The maximum atomic E-state index is 13.0. The predicted molar refractivity (Wildman–Crippen MR) is 123 cm³/mol. The Labute approximate surface area is 189 Å². The van der Waals surface area contributed by atoms with E-state index in [0.29, 0.717) is 29.6 Å². The Morgan fingerprint density at radius 3 is 2.53 bits per heavy atom. The van der Waals surface area contributed by atoms with E-state index in [4.69, 9.17) is 13.9 Å². The van der Waals surface area contributed by atoms with Crippen molar-refractivity contribution in [3.8, 4) is 11.5 Å². The number of carbonyl (C=O) groups excluding carboxylic acids is 1. The highest BCUT2D eigenvalue weighted by molar-refractivity contribution is 5.91. The lowest BCUT2D eigenvalue weighted by Gasteiger charge is -2.22. The number of hydrogen-bond acceptors (Lipinski definition) is 5. The van der Waals surface area contributed by atoms with Crippen molar-refractivity contribution < 1.29 is 18.7 Å². The van der Waals surface area contributed by atoms with Crippen molar-refractivity contribution in [1.82, 2.24) is 9.80 Å². The van der Waals surface area contributed by atoms with E-state index in [1.54, 1.807) is 19.2 Å². The smallest absolute Gasteiger partial charge is 0.289 e. The van der Waals surface area contributed by atoms with Gasteiger partial charge in [0, 0.05) is 32.7 Å². The minimum absolute atomic E-state index is 0.0636. The van der Waals surface area contributed by atoms with Crippen LogP contribution < -0.4 is 9.47 Å². The molecule has 6 heteroatoms. The van der Waals surface area contributed by atoms with Crippen LogP contribution in [0.2, 0.25) is 0 Å². The van der Waals surface area contributed by atoms with E-state index in [0.717, 1.165) is 32.6 Å². The molecule has 1 amide bonds. The van der Waals surface area contributed by atoms with Crippen molar-refractivity contribution in [2.24, 2.45) is 0 Å². The fraction of sp³-hybridized carbons (Fsp3) is 0.346. The summed E-state index contributed by atoms with van der Waals surface area (Å²) in [5.74, 6) is 2.20. The van der Waals surface area contributed by atoms with Crippen molar-refractivity contribution in [2.75, 3.05) is 33.3 Å². The zero-order valence-corrected chi connectivity index (χ0v) is 18.8. The molecule has 1 aliphatic heterocycles. The van der Waals surface area contributed by atoms with E-state index in [9.17, 15) is 4.79 Å². The number of hydrogen-bond donors (Lipinski definition) is 0. The van der Waals surface area contributed by atoms with Crippen LogP contribution in [0.1, 0.15) is 33.9 Å². The maximum Gasteiger partial charge on any atom is 0.289 e. The Kier molecular flexibility index (Phi) is 7.12. The Hall–Kier alpha value is -3.25. The summed E-state index contributed by atoms with van der Waals surface area (Å²) in [4.78, 5) is 17.3. The minimum atomic E-state index is -0.0636. The highest BCUT2D eigenvalue weighted by atomic mass is 16.5. The molecular weight excluding hydrogens is 404 g/mol. The zero-order valence-electron chi connectivity index (χ0n) is 18.8. The summed E-state index contributed by atoms with van der Waals surface area (Å²) in [5, 5.41) is 0. The van der Waals surface area contributed by atoms with Gasteiger partial charge in [0.05, 0.1) is 7.11 Å². The number of carbonyl (C=O) groups is 1. The first kappa shape index (κ1) is 22.0. The van der Waals surface area contributed by atoms with Gasteiger partial charge in [0.2, 0.25) is 0 Å². The largest absolute Gasteiger partial charge is 0.493 e.